The topological polar surface area (TPSA) is 58.6 Å². The Labute approximate surface area is 198 Å². The number of carbonyl (C=O) groups is 2. The van der Waals surface area contributed by atoms with Crippen LogP contribution in [0.3, 0.4) is 0 Å². The number of halogens is 1. The van der Waals surface area contributed by atoms with Crippen LogP contribution in [-0.2, 0) is 15.0 Å². The monoisotopic (exact) mass is 460 g/mol. The lowest BCUT2D eigenvalue weighted by Gasteiger charge is -2.20. The van der Waals surface area contributed by atoms with Gasteiger partial charge in [-0.3, -0.25) is 9.59 Å². The van der Waals surface area contributed by atoms with E-state index in [1.807, 2.05) is 54.6 Å². The summed E-state index contributed by atoms with van der Waals surface area (Å²) in [5.74, 6) is -0.538. The van der Waals surface area contributed by atoms with Crippen molar-refractivity contribution in [1.29, 1.82) is 0 Å². The number of benzene rings is 3. The van der Waals surface area contributed by atoms with Gasteiger partial charge in [0.25, 0.3) is 11.8 Å². The zero-order valence-electron chi connectivity index (χ0n) is 19.0. The Hall–Kier alpha value is -3.57. The van der Waals surface area contributed by atoms with Crippen molar-refractivity contribution in [2.45, 2.75) is 26.2 Å². The third-order valence-electron chi connectivity index (χ3n) is 5.55. The summed E-state index contributed by atoms with van der Waals surface area (Å²) in [5, 5.41) is 3.59. The van der Waals surface area contributed by atoms with Crippen LogP contribution in [0.2, 0.25) is 5.02 Å². The second kappa shape index (κ2) is 8.75. The summed E-state index contributed by atoms with van der Waals surface area (Å²) >= 11 is 6.18. The first-order chi connectivity index (χ1) is 15.7. The lowest BCUT2D eigenvalue weighted by molar-refractivity contribution is -0.120. The standard InChI is InChI=1S/C27H25ClN2O3/c1-27(2,3)18-10-13-20(14-11-18)29-24-23(17-8-6-5-7-9-17)25(31)30(26(24)32)21-16-19(28)12-15-22(21)33-4/h5-16,29H,1-4H3. The van der Waals surface area contributed by atoms with E-state index in [1.54, 1.807) is 18.2 Å². The highest BCUT2D eigenvalue weighted by molar-refractivity contribution is 6.46. The van der Waals surface area contributed by atoms with E-state index in [9.17, 15) is 9.59 Å². The highest BCUT2D eigenvalue weighted by atomic mass is 35.5. The zero-order chi connectivity index (χ0) is 23.8. The van der Waals surface area contributed by atoms with Crippen molar-refractivity contribution in [3.63, 3.8) is 0 Å². The van der Waals surface area contributed by atoms with Gasteiger partial charge in [-0.1, -0.05) is 74.8 Å². The summed E-state index contributed by atoms with van der Waals surface area (Å²) in [6, 6.07) is 21.8. The molecule has 0 fully saturated rings. The molecule has 0 radical (unpaired) electrons. The highest BCUT2D eigenvalue weighted by Crippen LogP contribution is 2.39. The first-order valence-corrected chi connectivity index (χ1v) is 11.0. The number of imide groups is 1. The SMILES string of the molecule is COc1ccc(Cl)cc1N1C(=O)C(Nc2ccc(C(C)(C)C)cc2)=C(c2ccccc2)C1=O. The Kier molecular flexibility index (Phi) is 6.00. The average molecular weight is 461 g/mol. The van der Waals surface area contributed by atoms with Crippen molar-refractivity contribution in [1.82, 2.24) is 0 Å². The number of amides is 2. The van der Waals surface area contributed by atoms with Crippen molar-refractivity contribution in [3.8, 4) is 5.75 Å². The summed E-state index contributed by atoms with van der Waals surface area (Å²) in [7, 11) is 1.49. The van der Waals surface area contributed by atoms with E-state index in [4.69, 9.17) is 16.3 Å². The molecule has 5 nitrogen and oxygen atoms in total. The Morgan fingerprint density at radius 2 is 1.55 bits per heavy atom. The predicted octanol–water partition coefficient (Wildman–Crippen LogP) is 6.04. The van der Waals surface area contributed by atoms with Crippen LogP contribution in [0.15, 0.2) is 78.5 Å². The first kappa shape index (κ1) is 22.6. The second-order valence-electron chi connectivity index (χ2n) is 8.83. The van der Waals surface area contributed by atoms with Gasteiger partial charge in [-0.2, -0.15) is 0 Å². The molecule has 0 saturated heterocycles. The molecule has 2 amide bonds. The molecule has 0 unspecified atom stereocenters. The fraction of sp³-hybridized carbons (Fsp3) is 0.185. The Bertz CT molecular complexity index is 1240. The lowest BCUT2D eigenvalue weighted by Crippen LogP contribution is -2.32. The summed E-state index contributed by atoms with van der Waals surface area (Å²) in [5.41, 5.74) is 3.34. The molecule has 1 N–H and O–H groups in total. The van der Waals surface area contributed by atoms with Crippen molar-refractivity contribution in [2.75, 3.05) is 17.3 Å². The summed E-state index contributed by atoms with van der Waals surface area (Å²) in [4.78, 5) is 28.3. The van der Waals surface area contributed by atoms with E-state index in [2.05, 4.69) is 26.1 Å². The van der Waals surface area contributed by atoms with Gasteiger partial charge in [0.1, 0.15) is 11.4 Å². The number of rotatable bonds is 5. The van der Waals surface area contributed by atoms with Crippen LogP contribution >= 0.6 is 11.6 Å². The van der Waals surface area contributed by atoms with Crippen LogP contribution in [-0.4, -0.2) is 18.9 Å². The minimum Gasteiger partial charge on any atom is -0.495 e. The smallest absolute Gasteiger partial charge is 0.282 e. The average Bonchev–Trinajstić information content (AvgIpc) is 3.03. The molecular weight excluding hydrogens is 436 g/mol. The summed E-state index contributed by atoms with van der Waals surface area (Å²) in [6.45, 7) is 6.42. The van der Waals surface area contributed by atoms with Gasteiger partial charge in [0.05, 0.1) is 18.4 Å². The lowest BCUT2D eigenvalue weighted by atomic mass is 9.87. The fourth-order valence-corrected chi connectivity index (χ4v) is 3.94. The minimum absolute atomic E-state index is 0.00602. The Morgan fingerprint density at radius 1 is 0.879 bits per heavy atom. The number of nitrogens with zero attached hydrogens (tertiary/aromatic N) is 1. The first-order valence-electron chi connectivity index (χ1n) is 10.6. The minimum atomic E-state index is -0.473. The summed E-state index contributed by atoms with van der Waals surface area (Å²) < 4.78 is 5.41. The Balaban J connectivity index is 1.80. The van der Waals surface area contributed by atoms with Gasteiger partial charge in [0.2, 0.25) is 0 Å². The number of hydrogen-bond donors (Lipinski definition) is 1. The van der Waals surface area contributed by atoms with Crippen molar-refractivity contribution < 1.29 is 14.3 Å². The van der Waals surface area contributed by atoms with Gasteiger partial charge in [0.15, 0.2) is 0 Å². The molecule has 6 heteroatoms. The van der Waals surface area contributed by atoms with Gasteiger partial charge in [-0.05, 0) is 46.9 Å². The largest absolute Gasteiger partial charge is 0.495 e. The molecule has 3 aromatic carbocycles. The number of methoxy groups -OCH3 is 1. The van der Waals surface area contributed by atoms with Crippen LogP contribution in [0.25, 0.3) is 5.57 Å². The fourth-order valence-electron chi connectivity index (χ4n) is 3.77. The number of hydrogen-bond acceptors (Lipinski definition) is 4. The quantitative estimate of drug-likeness (QED) is 0.471. The molecule has 1 aliphatic rings. The van der Waals surface area contributed by atoms with Gasteiger partial charge in [-0.15, -0.1) is 0 Å². The van der Waals surface area contributed by atoms with Crippen LogP contribution in [0.1, 0.15) is 31.9 Å². The molecule has 33 heavy (non-hydrogen) atoms. The maximum atomic E-state index is 13.6. The van der Waals surface area contributed by atoms with Gasteiger partial charge >= 0.3 is 0 Å². The molecule has 0 spiro atoms. The van der Waals surface area contributed by atoms with Gasteiger partial charge in [-0.25, -0.2) is 4.90 Å². The highest BCUT2D eigenvalue weighted by Gasteiger charge is 2.41. The van der Waals surface area contributed by atoms with Gasteiger partial charge in [0, 0.05) is 10.7 Å². The Morgan fingerprint density at radius 3 is 2.15 bits per heavy atom. The molecule has 1 aliphatic heterocycles. The molecule has 3 aromatic rings. The number of nitrogens with one attached hydrogen (secondary N) is 1. The van der Waals surface area contributed by atoms with Crippen LogP contribution < -0.4 is 15.0 Å². The van der Waals surface area contributed by atoms with E-state index in [0.29, 0.717) is 33.3 Å². The molecule has 0 bridgehead atoms. The number of anilines is 2. The molecular formula is C27H25ClN2O3. The third-order valence-corrected chi connectivity index (χ3v) is 5.78. The summed E-state index contributed by atoms with van der Waals surface area (Å²) in [6.07, 6.45) is 0. The normalized spacial score (nSPS) is 14.2. The van der Waals surface area contributed by atoms with Crippen molar-refractivity contribution >= 4 is 40.4 Å². The molecule has 0 saturated carbocycles. The second-order valence-corrected chi connectivity index (χ2v) is 9.27. The van der Waals surface area contributed by atoms with Crippen molar-refractivity contribution in [2.24, 2.45) is 0 Å². The zero-order valence-corrected chi connectivity index (χ0v) is 19.7. The third kappa shape index (κ3) is 4.37. The maximum absolute atomic E-state index is 13.6. The molecule has 0 aliphatic carbocycles. The number of ether oxygens (including phenoxy) is 1. The van der Waals surface area contributed by atoms with Crippen LogP contribution in [0, 0.1) is 0 Å². The van der Waals surface area contributed by atoms with Gasteiger partial charge < -0.3 is 10.1 Å². The maximum Gasteiger partial charge on any atom is 0.282 e. The molecule has 4 rings (SSSR count). The van der Waals surface area contributed by atoms with E-state index in [-0.39, 0.29) is 11.1 Å². The molecule has 0 atom stereocenters. The molecule has 1 heterocycles. The van der Waals surface area contributed by atoms with Crippen LogP contribution in [0.4, 0.5) is 11.4 Å². The van der Waals surface area contributed by atoms with E-state index >= 15 is 0 Å². The van der Waals surface area contributed by atoms with Crippen molar-refractivity contribution in [3.05, 3.63) is 94.6 Å². The van der Waals surface area contributed by atoms with Crippen LogP contribution in [0.5, 0.6) is 5.75 Å². The van der Waals surface area contributed by atoms with E-state index in [1.165, 1.54) is 12.7 Å². The molecule has 0 aromatic heterocycles. The molecule has 168 valence electrons. The van der Waals surface area contributed by atoms with E-state index < -0.39 is 11.8 Å². The van der Waals surface area contributed by atoms with E-state index in [0.717, 1.165) is 4.90 Å². The number of carbonyl (C=O) groups excluding carboxylic acids is 2. The predicted molar refractivity (Wildman–Crippen MR) is 133 cm³/mol.